The predicted molar refractivity (Wildman–Crippen MR) is 139 cm³/mol. The lowest BCUT2D eigenvalue weighted by Crippen LogP contribution is -2.55. The predicted octanol–water partition coefficient (Wildman–Crippen LogP) is 3.51. The molecule has 2 aliphatic heterocycles. The minimum absolute atomic E-state index is 0.0355. The summed E-state index contributed by atoms with van der Waals surface area (Å²) in [6, 6.07) is 6.48. The molecule has 214 valence electrons. The van der Waals surface area contributed by atoms with E-state index >= 15 is 0 Å². The molecule has 4 N–H and O–H groups in total. The van der Waals surface area contributed by atoms with Crippen LogP contribution in [0.25, 0.3) is 0 Å². The van der Waals surface area contributed by atoms with Crippen LogP contribution >= 0.6 is 0 Å². The number of hydrogen-bond acceptors (Lipinski definition) is 5. The van der Waals surface area contributed by atoms with Crippen LogP contribution in [0.3, 0.4) is 0 Å². The Balaban J connectivity index is 0.000000320. The first-order valence-corrected chi connectivity index (χ1v) is 14.1. The first kappa shape index (κ1) is 30.6. The van der Waals surface area contributed by atoms with E-state index in [0.29, 0.717) is 18.9 Å². The van der Waals surface area contributed by atoms with Crippen molar-refractivity contribution in [2.45, 2.75) is 81.9 Å². The van der Waals surface area contributed by atoms with Gasteiger partial charge in [0.25, 0.3) is 10.1 Å². The molecule has 0 aliphatic carbocycles. The van der Waals surface area contributed by atoms with Gasteiger partial charge < -0.3 is 16.0 Å². The molecule has 8 nitrogen and oxygen atoms in total. The second-order valence-corrected chi connectivity index (χ2v) is 11.7. The van der Waals surface area contributed by atoms with E-state index in [1.165, 1.54) is 19.1 Å². The highest BCUT2D eigenvalue weighted by Gasteiger charge is 2.45. The number of nitrogens with one attached hydrogen (secondary N) is 1. The van der Waals surface area contributed by atoms with Gasteiger partial charge >= 0.3 is 0 Å². The fourth-order valence-electron chi connectivity index (χ4n) is 5.37. The minimum atomic E-state index is -4.02. The van der Waals surface area contributed by atoms with Crippen molar-refractivity contribution < 1.29 is 35.7 Å². The Bertz CT molecular complexity index is 1290. The average Bonchev–Trinajstić information content (AvgIpc) is 3.10. The quantitative estimate of drug-likeness (QED) is 0.361. The van der Waals surface area contributed by atoms with Gasteiger partial charge in [0.15, 0.2) is 11.6 Å². The van der Waals surface area contributed by atoms with Crippen molar-refractivity contribution in [3.8, 4) is 0 Å². The molecule has 0 unspecified atom stereocenters. The van der Waals surface area contributed by atoms with Crippen LogP contribution in [0.5, 0.6) is 0 Å². The Hall–Kier alpha value is -2.96. The molecule has 2 saturated heterocycles. The lowest BCUT2D eigenvalue weighted by Gasteiger charge is -2.42. The normalized spacial score (nSPS) is 21.9. The number of rotatable bonds is 6. The van der Waals surface area contributed by atoms with E-state index in [9.17, 15) is 31.2 Å². The van der Waals surface area contributed by atoms with Crippen LogP contribution in [-0.2, 0) is 26.1 Å². The molecule has 0 aromatic heterocycles. The standard InChI is InChI=1S/C20H26F3N3O2.C7H8O3S/c1-10(25-11(2)27)20(28)26-14-3-4-15(26)6-13(5-14)19(24)8-12-7-17(22)18(23)9-16(12)21;1-6-2-4-7(5-3-6)11(8,9)10/h7,9-10,13-15,19H,3-6,8,24H2,1-2H3,(H,25,27);2-5H,1H3,(H,8,9,10)/t10-,13-,14-,15+,19+;/m0./s1. The zero-order chi connectivity index (χ0) is 29.1. The molecular weight excluding hydrogens is 535 g/mol. The highest BCUT2D eigenvalue weighted by atomic mass is 32.2. The number of aryl methyl sites for hydroxylation is 1. The summed E-state index contributed by atoms with van der Waals surface area (Å²) in [5.41, 5.74) is 7.32. The zero-order valence-electron chi connectivity index (χ0n) is 22.0. The maximum Gasteiger partial charge on any atom is 0.294 e. The molecule has 0 radical (unpaired) electrons. The van der Waals surface area contributed by atoms with Gasteiger partial charge in [-0.2, -0.15) is 8.42 Å². The number of amides is 2. The molecule has 0 spiro atoms. The molecule has 2 aromatic rings. The fraction of sp³-hybridized carbons (Fsp3) is 0.481. The number of fused-ring (bicyclic) bond motifs is 2. The summed E-state index contributed by atoms with van der Waals surface area (Å²) in [5.74, 6) is -3.39. The van der Waals surface area contributed by atoms with Gasteiger partial charge in [-0.15, -0.1) is 0 Å². The van der Waals surface area contributed by atoms with Crippen LogP contribution < -0.4 is 11.1 Å². The van der Waals surface area contributed by atoms with Crippen LogP contribution in [0, 0.1) is 30.3 Å². The highest BCUT2D eigenvalue weighted by molar-refractivity contribution is 7.85. The smallest absolute Gasteiger partial charge is 0.294 e. The third kappa shape index (κ3) is 7.80. The molecule has 0 saturated carbocycles. The second kappa shape index (κ2) is 12.5. The van der Waals surface area contributed by atoms with Crippen molar-refractivity contribution in [2.24, 2.45) is 11.7 Å². The summed E-state index contributed by atoms with van der Waals surface area (Å²) >= 11 is 0. The summed E-state index contributed by atoms with van der Waals surface area (Å²) < 4.78 is 70.0. The van der Waals surface area contributed by atoms with Crippen molar-refractivity contribution in [1.29, 1.82) is 0 Å². The van der Waals surface area contributed by atoms with Crippen molar-refractivity contribution in [2.75, 3.05) is 0 Å². The number of carbonyl (C=O) groups is 2. The molecule has 2 amide bonds. The summed E-state index contributed by atoms with van der Waals surface area (Å²) in [7, 11) is -4.02. The van der Waals surface area contributed by atoms with Crippen LogP contribution in [0.2, 0.25) is 0 Å². The fourth-order valence-corrected chi connectivity index (χ4v) is 5.85. The Kier molecular flexibility index (Phi) is 9.78. The molecular formula is C27H34F3N3O5S. The Morgan fingerprint density at radius 2 is 1.59 bits per heavy atom. The number of piperidine rings is 1. The molecule has 12 heteroatoms. The summed E-state index contributed by atoms with van der Waals surface area (Å²) in [4.78, 5) is 25.8. The van der Waals surface area contributed by atoms with Gasteiger partial charge in [-0.25, -0.2) is 13.2 Å². The van der Waals surface area contributed by atoms with Crippen LogP contribution in [-0.4, -0.2) is 53.9 Å². The molecule has 2 aromatic carbocycles. The van der Waals surface area contributed by atoms with E-state index in [4.69, 9.17) is 10.3 Å². The summed E-state index contributed by atoms with van der Waals surface area (Å²) in [6.45, 7) is 4.89. The lowest BCUT2D eigenvalue weighted by atomic mass is 9.82. The summed E-state index contributed by atoms with van der Waals surface area (Å²) in [5, 5.41) is 2.63. The van der Waals surface area contributed by atoms with Gasteiger partial charge in [0.05, 0.1) is 4.90 Å². The van der Waals surface area contributed by atoms with Crippen LogP contribution in [0.1, 0.15) is 50.7 Å². The first-order chi connectivity index (χ1) is 18.2. The molecule has 4 rings (SSSR count). The monoisotopic (exact) mass is 569 g/mol. The third-order valence-corrected chi connectivity index (χ3v) is 8.15. The topological polar surface area (TPSA) is 130 Å². The third-order valence-electron chi connectivity index (χ3n) is 7.28. The first-order valence-electron chi connectivity index (χ1n) is 12.7. The van der Waals surface area contributed by atoms with Crippen LogP contribution in [0.4, 0.5) is 13.2 Å². The average molecular weight is 570 g/mol. The number of benzene rings is 2. The van der Waals surface area contributed by atoms with E-state index in [2.05, 4.69) is 5.32 Å². The summed E-state index contributed by atoms with van der Waals surface area (Å²) in [6.07, 6.45) is 3.21. The van der Waals surface area contributed by atoms with Gasteiger partial charge in [-0.05, 0) is 75.6 Å². The molecule has 2 heterocycles. The number of nitrogens with two attached hydrogens (primary N) is 1. The van der Waals surface area contributed by atoms with E-state index in [1.807, 2.05) is 11.8 Å². The van der Waals surface area contributed by atoms with Crippen molar-refractivity contribution in [3.63, 3.8) is 0 Å². The van der Waals surface area contributed by atoms with Crippen LogP contribution in [0.15, 0.2) is 41.3 Å². The minimum Gasteiger partial charge on any atom is -0.345 e. The number of halogens is 3. The Morgan fingerprint density at radius 1 is 1.05 bits per heavy atom. The maximum absolute atomic E-state index is 13.9. The van der Waals surface area contributed by atoms with Crippen molar-refractivity contribution in [1.82, 2.24) is 10.2 Å². The Labute approximate surface area is 226 Å². The van der Waals surface area contributed by atoms with E-state index in [0.717, 1.165) is 24.5 Å². The zero-order valence-corrected chi connectivity index (χ0v) is 22.8. The van der Waals surface area contributed by atoms with Crippen molar-refractivity contribution in [3.05, 3.63) is 65.0 Å². The lowest BCUT2D eigenvalue weighted by molar-refractivity contribution is -0.140. The van der Waals surface area contributed by atoms with Gasteiger partial charge in [0.2, 0.25) is 11.8 Å². The largest absolute Gasteiger partial charge is 0.345 e. The van der Waals surface area contributed by atoms with E-state index < -0.39 is 39.7 Å². The number of carbonyl (C=O) groups excluding carboxylic acids is 2. The second-order valence-electron chi connectivity index (χ2n) is 10.3. The number of nitrogens with zero attached hydrogens (tertiary/aromatic N) is 1. The van der Waals surface area contributed by atoms with Crippen molar-refractivity contribution >= 4 is 21.9 Å². The van der Waals surface area contributed by atoms with E-state index in [1.54, 1.807) is 19.1 Å². The van der Waals surface area contributed by atoms with E-state index in [-0.39, 0.29) is 46.7 Å². The van der Waals surface area contributed by atoms with Gasteiger partial charge in [-0.3, -0.25) is 14.1 Å². The van der Waals surface area contributed by atoms with Gasteiger partial charge in [0.1, 0.15) is 11.9 Å². The molecule has 2 fully saturated rings. The van der Waals surface area contributed by atoms with Gasteiger partial charge in [-0.1, -0.05) is 17.7 Å². The SMILES string of the molecule is CC(=O)N[C@@H](C)C(=O)N1[C@@H]2CC[C@H]1C[C@H]([C@H](N)Cc1cc(F)c(F)cc1F)C2.Cc1ccc(S(=O)(=O)O)cc1. The molecule has 2 bridgehead atoms. The van der Waals surface area contributed by atoms with Gasteiger partial charge in [0, 0.05) is 31.1 Å². The highest BCUT2D eigenvalue weighted by Crippen LogP contribution is 2.40. The molecule has 5 atom stereocenters. The Morgan fingerprint density at radius 3 is 2.10 bits per heavy atom. The molecule has 39 heavy (non-hydrogen) atoms. The number of hydrogen-bond donors (Lipinski definition) is 3. The maximum atomic E-state index is 13.9. The molecule has 2 aliphatic rings.